The molecule has 0 unspecified atom stereocenters. The Morgan fingerprint density at radius 1 is 1.09 bits per heavy atom. The van der Waals surface area contributed by atoms with Gasteiger partial charge in [0.15, 0.2) is 0 Å². The molecule has 0 saturated carbocycles. The van der Waals surface area contributed by atoms with Gasteiger partial charge in [0.25, 0.3) is 0 Å². The highest BCUT2D eigenvalue weighted by molar-refractivity contribution is 9.10. The van der Waals surface area contributed by atoms with Crippen molar-refractivity contribution in [2.24, 2.45) is 0 Å². The average Bonchev–Trinajstić information content (AvgIpc) is 3.00. The van der Waals surface area contributed by atoms with Crippen LogP contribution in [0.5, 0.6) is 0 Å². The normalized spacial score (nSPS) is 16.3. The van der Waals surface area contributed by atoms with Gasteiger partial charge in [-0.3, -0.25) is 0 Å². The summed E-state index contributed by atoms with van der Waals surface area (Å²) in [6, 6.07) is 12.4. The fourth-order valence-corrected chi connectivity index (χ4v) is 3.34. The van der Waals surface area contributed by atoms with Crippen LogP contribution >= 0.6 is 15.9 Å². The summed E-state index contributed by atoms with van der Waals surface area (Å²) in [5, 5.41) is 0. The molecule has 1 aromatic carbocycles. The number of para-hydroxylation sites is 2. The molecule has 0 aliphatic carbocycles. The van der Waals surface area contributed by atoms with Crippen molar-refractivity contribution in [2.75, 3.05) is 18.0 Å². The summed E-state index contributed by atoms with van der Waals surface area (Å²) < 4.78 is 1.02. The molecule has 0 atom stereocenters. The Kier molecular flexibility index (Phi) is 3.58. The first kappa shape index (κ1) is 13.8. The molecule has 0 amide bonds. The highest BCUT2D eigenvalue weighted by atomic mass is 79.9. The first-order chi connectivity index (χ1) is 10.8. The van der Waals surface area contributed by atoms with E-state index in [1.54, 1.807) is 0 Å². The Morgan fingerprint density at radius 2 is 1.91 bits per heavy atom. The fourth-order valence-electron chi connectivity index (χ4n) is 3.10. The number of pyridine rings is 1. The van der Waals surface area contributed by atoms with E-state index in [-0.39, 0.29) is 0 Å². The minimum atomic E-state index is 0.513. The van der Waals surface area contributed by atoms with E-state index in [0.29, 0.717) is 5.92 Å². The predicted molar refractivity (Wildman–Crippen MR) is 92.2 cm³/mol. The van der Waals surface area contributed by atoms with Gasteiger partial charge in [0.2, 0.25) is 0 Å². The van der Waals surface area contributed by atoms with Crippen LogP contribution in [-0.2, 0) is 0 Å². The van der Waals surface area contributed by atoms with Gasteiger partial charge in [0.1, 0.15) is 11.6 Å². The maximum atomic E-state index is 4.75. The SMILES string of the molecule is Brc1ccc(N2CCC(c3nc4ccccc4[nH]3)CC2)nc1. The largest absolute Gasteiger partial charge is 0.357 e. The highest BCUT2D eigenvalue weighted by Gasteiger charge is 2.23. The van der Waals surface area contributed by atoms with Gasteiger partial charge in [-0.2, -0.15) is 0 Å². The van der Waals surface area contributed by atoms with Crippen molar-refractivity contribution >= 4 is 32.8 Å². The summed E-state index contributed by atoms with van der Waals surface area (Å²) in [5.74, 6) is 2.70. The summed E-state index contributed by atoms with van der Waals surface area (Å²) in [4.78, 5) is 15.1. The first-order valence-electron chi connectivity index (χ1n) is 7.61. The van der Waals surface area contributed by atoms with Crippen molar-refractivity contribution in [3.63, 3.8) is 0 Å². The number of nitrogens with zero attached hydrogens (tertiary/aromatic N) is 3. The lowest BCUT2D eigenvalue weighted by Crippen LogP contribution is -2.33. The minimum Gasteiger partial charge on any atom is -0.357 e. The van der Waals surface area contributed by atoms with Crippen LogP contribution in [0.4, 0.5) is 5.82 Å². The van der Waals surface area contributed by atoms with Gasteiger partial charge in [-0.05, 0) is 53.0 Å². The van der Waals surface area contributed by atoms with E-state index >= 15 is 0 Å². The van der Waals surface area contributed by atoms with E-state index < -0.39 is 0 Å². The predicted octanol–water partition coefficient (Wildman–Crippen LogP) is 4.10. The van der Waals surface area contributed by atoms with Gasteiger partial charge in [-0.25, -0.2) is 9.97 Å². The molecular formula is C17H17BrN4. The van der Waals surface area contributed by atoms with E-state index in [1.807, 2.05) is 24.4 Å². The molecule has 4 nitrogen and oxygen atoms in total. The fraction of sp³-hybridized carbons (Fsp3) is 0.294. The van der Waals surface area contributed by atoms with Crippen LogP contribution in [0.1, 0.15) is 24.6 Å². The Labute approximate surface area is 137 Å². The number of nitrogens with one attached hydrogen (secondary N) is 1. The lowest BCUT2D eigenvalue weighted by atomic mass is 9.96. The Balaban J connectivity index is 1.48. The van der Waals surface area contributed by atoms with Crippen LogP contribution in [0.15, 0.2) is 47.1 Å². The first-order valence-corrected chi connectivity index (χ1v) is 8.40. The van der Waals surface area contributed by atoms with Crippen molar-refractivity contribution in [3.05, 3.63) is 52.9 Å². The summed E-state index contributed by atoms with van der Waals surface area (Å²) in [6.45, 7) is 2.05. The van der Waals surface area contributed by atoms with Crippen LogP contribution in [0.25, 0.3) is 11.0 Å². The number of halogens is 1. The number of anilines is 1. The molecule has 0 radical (unpaired) electrons. The third kappa shape index (κ3) is 2.61. The van der Waals surface area contributed by atoms with Crippen molar-refractivity contribution in [1.82, 2.24) is 15.0 Å². The van der Waals surface area contributed by atoms with E-state index in [0.717, 1.165) is 53.1 Å². The number of rotatable bonds is 2. The number of imidazole rings is 1. The molecule has 1 aliphatic heterocycles. The maximum absolute atomic E-state index is 4.75. The number of H-pyrrole nitrogens is 1. The average molecular weight is 357 g/mol. The molecule has 1 fully saturated rings. The molecule has 0 bridgehead atoms. The number of fused-ring (bicyclic) bond motifs is 1. The molecule has 112 valence electrons. The molecule has 1 aliphatic rings. The van der Waals surface area contributed by atoms with Crippen LogP contribution in [0.2, 0.25) is 0 Å². The smallest absolute Gasteiger partial charge is 0.128 e. The lowest BCUT2D eigenvalue weighted by molar-refractivity contribution is 0.487. The molecule has 5 heteroatoms. The second-order valence-corrected chi connectivity index (χ2v) is 6.65. The highest BCUT2D eigenvalue weighted by Crippen LogP contribution is 2.29. The zero-order valence-electron chi connectivity index (χ0n) is 12.2. The van der Waals surface area contributed by atoms with Gasteiger partial charge in [-0.1, -0.05) is 12.1 Å². The van der Waals surface area contributed by atoms with Crippen LogP contribution in [0, 0.1) is 0 Å². The molecule has 22 heavy (non-hydrogen) atoms. The lowest BCUT2D eigenvalue weighted by Gasteiger charge is -2.32. The zero-order chi connectivity index (χ0) is 14.9. The van der Waals surface area contributed by atoms with Crippen molar-refractivity contribution in [1.29, 1.82) is 0 Å². The molecule has 1 saturated heterocycles. The molecule has 2 aromatic heterocycles. The van der Waals surface area contributed by atoms with Crippen molar-refractivity contribution < 1.29 is 0 Å². The number of hydrogen-bond donors (Lipinski definition) is 1. The minimum absolute atomic E-state index is 0.513. The van der Waals surface area contributed by atoms with Gasteiger partial charge in [-0.15, -0.1) is 0 Å². The van der Waals surface area contributed by atoms with Crippen molar-refractivity contribution in [3.8, 4) is 0 Å². The number of benzene rings is 1. The monoisotopic (exact) mass is 356 g/mol. The van der Waals surface area contributed by atoms with Gasteiger partial charge in [0.05, 0.1) is 11.0 Å². The molecule has 0 spiro atoms. The number of aromatic amines is 1. The number of aromatic nitrogens is 3. The van der Waals surface area contributed by atoms with Gasteiger partial charge < -0.3 is 9.88 Å². The zero-order valence-corrected chi connectivity index (χ0v) is 13.8. The second-order valence-electron chi connectivity index (χ2n) is 5.74. The third-order valence-corrected chi connectivity index (χ3v) is 4.79. The Bertz CT molecular complexity index is 740. The number of hydrogen-bond acceptors (Lipinski definition) is 3. The molecule has 1 N–H and O–H groups in total. The van der Waals surface area contributed by atoms with Gasteiger partial charge in [0, 0.05) is 29.7 Å². The Morgan fingerprint density at radius 3 is 2.64 bits per heavy atom. The number of piperidine rings is 1. The second kappa shape index (κ2) is 5.72. The molecular weight excluding hydrogens is 340 g/mol. The molecule has 4 rings (SSSR count). The summed E-state index contributed by atoms with van der Waals surface area (Å²) >= 11 is 3.43. The standard InChI is InChI=1S/C17H17BrN4/c18-13-5-6-16(19-11-13)22-9-7-12(8-10-22)17-20-14-3-1-2-4-15(14)21-17/h1-6,11-12H,7-10H2,(H,20,21). The van der Waals surface area contributed by atoms with Crippen LogP contribution < -0.4 is 4.90 Å². The molecule has 3 aromatic rings. The van der Waals surface area contributed by atoms with E-state index in [2.05, 4.69) is 49.0 Å². The topological polar surface area (TPSA) is 44.8 Å². The van der Waals surface area contributed by atoms with Crippen LogP contribution in [-0.4, -0.2) is 28.0 Å². The maximum Gasteiger partial charge on any atom is 0.128 e. The molecule has 3 heterocycles. The van der Waals surface area contributed by atoms with Crippen molar-refractivity contribution in [2.45, 2.75) is 18.8 Å². The third-order valence-electron chi connectivity index (χ3n) is 4.33. The van der Waals surface area contributed by atoms with E-state index in [4.69, 9.17) is 4.98 Å². The quantitative estimate of drug-likeness (QED) is 0.751. The van der Waals surface area contributed by atoms with Crippen LogP contribution in [0.3, 0.4) is 0 Å². The summed E-state index contributed by atoms with van der Waals surface area (Å²) in [7, 11) is 0. The Hall–Kier alpha value is -1.88. The van der Waals surface area contributed by atoms with E-state index in [9.17, 15) is 0 Å². The van der Waals surface area contributed by atoms with Gasteiger partial charge >= 0.3 is 0 Å². The van der Waals surface area contributed by atoms with E-state index in [1.165, 1.54) is 0 Å². The summed E-state index contributed by atoms with van der Waals surface area (Å²) in [5.41, 5.74) is 2.20. The summed E-state index contributed by atoms with van der Waals surface area (Å²) in [6.07, 6.45) is 4.08.